The molecule has 28 heavy (non-hydrogen) atoms. The van der Waals surface area contributed by atoms with Gasteiger partial charge in [-0.1, -0.05) is 79.2 Å². The number of para-hydroxylation sites is 1. The molecular weight excluding hydrogens is 346 g/mol. The van der Waals surface area contributed by atoms with Gasteiger partial charge in [0.2, 0.25) is 0 Å². The number of carbonyl (C=O) groups is 1. The van der Waals surface area contributed by atoms with Crippen LogP contribution < -0.4 is 10.1 Å². The largest absolute Gasteiger partial charge is 0.481 e. The van der Waals surface area contributed by atoms with Gasteiger partial charge in [0.25, 0.3) is 5.91 Å². The summed E-state index contributed by atoms with van der Waals surface area (Å²) >= 11 is 0. The molecule has 3 aromatic carbocycles. The molecule has 0 heterocycles. The van der Waals surface area contributed by atoms with Crippen LogP contribution >= 0.6 is 0 Å². The average molecular weight is 373 g/mol. The van der Waals surface area contributed by atoms with Crippen LogP contribution in [0.25, 0.3) is 0 Å². The van der Waals surface area contributed by atoms with E-state index in [1.165, 1.54) is 5.56 Å². The molecule has 3 heteroatoms. The molecule has 2 atom stereocenters. The second-order valence-corrected chi connectivity index (χ2v) is 7.04. The fourth-order valence-electron chi connectivity index (χ4n) is 3.28. The summed E-state index contributed by atoms with van der Waals surface area (Å²) in [7, 11) is 0. The molecule has 3 aromatic rings. The van der Waals surface area contributed by atoms with Crippen LogP contribution in [0.2, 0.25) is 0 Å². The van der Waals surface area contributed by atoms with Gasteiger partial charge >= 0.3 is 0 Å². The highest BCUT2D eigenvalue weighted by Gasteiger charge is 2.24. The van der Waals surface area contributed by atoms with Gasteiger partial charge in [-0.25, -0.2) is 0 Å². The maximum atomic E-state index is 13.1. The smallest absolute Gasteiger partial charge is 0.261 e. The Balaban J connectivity index is 1.88. The van der Waals surface area contributed by atoms with Crippen LogP contribution in [0, 0.1) is 13.8 Å². The van der Waals surface area contributed by atoms with E-state index in [9.17, 15) is 4.79 Å². The van der Waals surface area contributed by atoms with E-state index < -0.39 is 6.10 Å². The molecule has 0 saturated heterocycles. The van der Waals surface area contributed by atoms with Gasteiger partial charge in [-0.3, -0.25) is 4.79 Å². The van der Waals surface area contributed by atoms with Gasteiger partial charge in [0.05, 0.1) is 6.04 Å². The van der Waals surface area contributed by atoms with Gasteiger partial charge in [-0.15, -0.1) is 0 Å². The summed E-state index contributed by atoms with van der Waals surface area (Å²) < 4.78 is 5.94. The third kappa shape index (κ3) is 4.80. The maximum Gasteiger partial charge on any atom is 0.261 e. The Bertz CT molecular complexity index is 906. The number of ether oxygens (including phenoxy) is 1. The molecule has 144 valence electrons. The molecule has 0 aliphatic carbocycles. The summed E-state index contributed by atoms with van der Waals surface area (Å²) in [5.74, 6) is 0.591. The number of aryl methyl sites for hydroxylation is 2. The molecule has 0 bridgehead atoms. The third-order valence-electron chi connectivity index (χ3n) is 4.85. The van der Waals surface area contributed by atoms with Crippen LogP contribution in [-0.4, -0.2) is 12.0 Å². The third-order valence-corrected chi connectivity index (χ3v) is 4.85. The lowest BCUT2D eigenvalue weighted by atomic mass is 9.93. The summed E-state index contributed by atoms with van der Waals surface area (Å²) in [5, 5.41) is 3.22. The van der Waals surface area contributed by atoms with E-state index in [2.05, 4.69) is 37.4 Å². The Hall–Kier alpha value is -3.07. The van der Waals surface area contributed by atoms with Gasteiger partial charge in [0, 0.05) is 0 Å². The first-order valence-electron chi connectivity index (χ1n) is 9.72. The standard InChI is InChI=1S/C25H27NO2/c1-4-23(28-21-13-9-6-10-14-21)25(27)26-24(20-11-7-5-8-12-20)22-17-18(2)15-16-19(22)3/h5-17,23-24H,4H2,1-3H3,(H,26,27). The van der Waals surface area contributed by atoms with E-state index in [4.69, 9.17) is 4.74 Å². The minimum absolute atomic E-state index is 0.110. The van der Waals surface area contributed by atoms with Crippen molar-refractivity contribution >= 4 is 5.91 Å². The van der Waals surface area contributed by atoms with Crippen LogP contribution in [0.1, 0.15) is 41.6 Å². The minimum Gasteiger partial charge on any atom is -0.481 e. The molecule has 3 rings (SSSR count). The van der Waals surface area contributed by atoms with E-state index in [1.54, 1.807) is 0 Å². The first kappa shape index (κ1) is 19.7. The molecule has 0 aromatic heterocycles. The normalized spacial score (nSPS) is 12.8. The van der Waals surface area contributed by atoms with Crippen molar-refractivity contribution in [2.45, 2.75) is 39.3 Å². The zero-order valence-corrected chi connectivity index (χ0v) is 16.7. The zero-order chi connectivity index (χ0) is 19.9. The number of hydrogen-bond donors (Lipinski definition) is 1. The van der Waals surface area contributed by atoms with Crippen LogP contribution in [0.5, 0.6) is 5.75 Å². The van der Waals surface area contributed by atoms with E-state index >= 15 is 0 Å². The summed E-state index contributed by atoms with van der Waals surface area (Å²) in [6, 6.07) is 25.7. The molecule has 0 fully saturated rings. The number of nitrogens with one attached hydrogen (secondary N) is 1. The molecular formula is C25H27NO2. The van der Waals surface area contributed by atoms with Crippen molar-refractivity contribution in [2.75, 3.05) is 0 Å². The number of hydrogen-bond acceptors (Lipinski definition) is 2. The monoisotopic (exact) mass is 373 g/mol. The second kappa shape index (κ2) is 9.23. The second-order valence-electron chi connectivity index (χ2n) is 7.04. The Kier molecular flexibility index (Phi) is 6.49. The van der Waals surface area contributed by atoms with Gasteiger partial charge in [-0.05, 0) is 49.1 Å². The van der Waals surface area contributed by atoms with Crippen molar-refractivity contribution in [2.24, 2.45) is 0 Å². The average Bonchev–Trinajstić information content (AvgIpc) is 2.73. The minimum atomic E-state index is -0.543. The van der Waals surface area contributed by atoms with Crippen molar-refractivity contribution in [3.05, 3.63) is 101 Å². The van der Waals surface area contributed by atoms with Gasteiger partial charge in [-0.2, -0.15) is 0 Å². The van der Waals surface area contributed by atoms with Crippen LogP contribution in [0.15, 0.2) is 78.9 Å². The lowest BCUT2D eigenvalue weighted by Crippen LogP contribution is -2.40. The molecule has 2 unspecified atom stereocenters. The quantitative estimate of drug-likeness (QED) is 0.605. The molecule has 0 aliphatic rings. The van der Waals surface area contributed by atoms with Gasteiger partial charge in [0.15, 0.2) is 6.10 Å². The maximum absolute atomic E-state index is 13.1. The molecule has 1 amide bonds. The fraction of sp³-hybridized carbons (Fsp3) is 0.240. The first-order chi connectivity index (χ1) is 13.6. The van der Waals surface area contributed by atoms with Crippen molar-refractivity contribution in [1.29, 1.82) is 0 Å². The SMILES string of the molecule is CCC(Oc1ccccc1)C(=O)NC(c1ccccc1)c1cc(C)ccc1C. The summed E-state index contributed by atoms with van der Waals surface area (Å²) in [6.07, 6.45) is 0.0495. The van der Waals surface area contributed by atoms with E-state index in [0.717, 1.165) is 16.7 Å². The van der Waals surface area contributed by atoms with E-state index in [1.807, 2.05) is 67.6 Å². The highest BCUT2D eigenvalue weighted by molar-refractivity contribution is 5.82. The van der Waals surface area contributed by atoms with Crippen LogP contribution in [-0.2, 0) is 4.79 Å². The lowest BCUT2D eigenvalue weighted by Gasteiger charge is -2.25. The molecule has 1 N–H and O–H groups in total. The Morgan fingerprint density at radius 3 is 2.21 bits per heavy atom. The van der Waals surface area contributed by atoms with E-state index in [-0.39, 0.29) is 11.9 Å². The topological polar surface area (TPSA) is 38.3 Å². The summed E-state index contributed by atoms with van der Waals surface area (Å²) in [5.41, 5.74) is 4.48. The predicted molar refractivity (Wildman–Crippen MR) is 113 cm³/mol. The van der Waals surface area contributed by atoms with E-state index in [0.29, 0.717) is 12.2 Å². The van der Waals surface area contributed by atoms with Crippen molar-refractivity contribution in [3.63, 3.8) is 0 Å². The highest BCUT2D eigenvalue weighted by Crippen LogP contribution is 2.26. The van der Waals surface area contributed by atoms with Gasteiger partial charge in [0.1, 0.15) is 5.75 Å². The fourth-order valence-corrected chi connectivity index (χ4v) is 3.28. The van der Waals surface area contributed by atoms with Gasteiger partial charge < -0.3 is 10.1 Å². The Morgan fingerprint density at radius 1 is 0.929 bits per heavy atom. The van der Waals surface area contributed by atoms with Crippen LogP contribution in [0.3, 0.4) is 0 Å². The predicted octanol–water partition coefficient (Wildman–Crippen LogP) is 5.37. The molecule has 0 spiro atoms. The summed E-state index contributed by atoms with van der Waals surface area (Å²) in [4.78, 5) is 13.1. The molecule has 0 aliphatic heterocycles. The Labute approximate surface area is 167 Å². The Morgan fingerprint density at radius 2 is 1.57 bits per heavy atom. The first-order valence-corrected chi connectivity index (χ1v) is 9.72. The number of benzene rings is 3. The van der Waals surface area contributed by atoms with Crippen molar-refractivity contribution < 1.29 is 9.53 Å². The zero-order valence-electron chi connectivity index (χ0n) is 16.7. The number of carbonyl (C=O) groups excluding carboxylic acids is 1. The molecule has 0 saturated carbocycles. The van der Waals surface area contributed by atoms with Crippen molar-refractivity contribution in [3.8, 4) is 5.75 Å². The van der Waals surface area contributed by atoms with Crippen LogP contribution in [0.4, 0.5) is 0 Å². The number of rotatable bonds is 7. The molecule has 3 nitrogen and oxygen atoms in total. The highest BCUT2D eigenvalue weighted by atomic mass is 16.5. The van der Waals surface area contributed by atoms with Crippen molar-refractivity contribution in [1.82, 2.24) is 5.32 Å². The molecule has 0 radical (unpaired) electrons. The lowest BCUT2D eigenvalue weighted by molar-refractivity contribution is -0.128. The summed E-state index contributed by atoms with van der Waals surface area (Å²) in [6.45, 7) is 6.11. The number of amides is 1.